The molecule has 2 rings (SSSR count). The maximum Gasteiger partial charge on any atom is 0.325 e. The van der Waals surface area contributed by atoms with Crippen LogP contribution in [0.5, 0.6) is 0 Å². The smallest absolute Gasteiger partial charge is 0.298 e. The predicted molar refractivity (Wildman–Crippen MR) is 69.7 cm³/mol. The third kappa shape index (κ3) is 2.00. The first-order chi connectivity index (χ1) is 8.49. The van der Waals surface area contributed by atoms with E-state index in [1.54, 1.807) is 7.05 Å². The number of hydrogen-bond donors (Lipinski definition) is 0. The van der Waals surface area contributed by atoms with Crippen LogP contribution in [0.25, 0.3) is 0 Å². The third-order valence-corrected chi connectivity index (χ3v) is 3.90. The fourth-order valence-electron chi connectivity index (χ4n) is 2.46. The molecule has 5 nitrogen and oxygen atoms in total. The van der Waals surface area contributed by atoms with Crippen LogP contribution in [0.2, 0.25) is 0 Å². The summed E-state index contributed by atoms with van der Waals surface area (Å²) in [7, 11) is 1.80. The van der Waals surface area contributed by atoms with E-state index < -0.39 is 16.4 Å². The second-order valence-corrected chi connectivity index (χ2v) is 5.51. The molecule has 94 valence electrons. The quantitative estimate of drug-likeness (QED) is 0.619. The van der Waals surface area contributed by atoms with E-state index in [9.17, 15) is 15.4 Å². The molecule has 1 fully saturated rings. The van der Waals surface area contributed by atoms with E-state index in [1.807, 2.05) is 35.2 Å². The molecule has 0 radical (unpaired) electrons. The molecular weight excluding hydrogens is 298 g/mol. The molecule has 0 aromatic heterocycles. The van der Waals surface area contributed by atoms with Crippen LogP contribution in [0.1, 0.15) is 11.5 Å². The maximum atomic E-state index is 11.3. The zero-order valence-electron chi connectivity index (χ0n) is 9.84. The average Bonchev–Trinajstić information content (AvgIpc) is 2.68. The Balaban J connectivity index is 2.45. The Hall–Kier alpha value is -1.45. The van der Waals surface area contributed by atoms with Crippen molar-refractivity contribution >= 4 is 15.9 Å². The standard InChI is InChI=1S/C12H12BrN3O2/c1-15-6-11(9-2-4-10(13)5-3-9)12(7-14,8-15)16(17)18/h2-5,11H,6,8H2,1H3. The van der Waals surface area contributed by atoms with Crippen LogP contribution in [0, 0.1) is 21.4 Å². The molecule has 0 aliphatic carbocycles. The van der Waals surface area contributed by atoms with Crippen molar-refractivity contribution in [2.24, 2.45) is 0 Å². The van der Waals surface area contributed by atoms with Gasteiger partial charge in [0.1, 0.15) is 6.07 Å². The summed E-state index contributed by atoms with van der Waals surface area (Å²) in [5.41, 5.74) is -0.705. The van der Waals surface area contributed by atoms with Gasteiger partial charge in [-0.1, -0.05) is 28.1 Å². The monoisotopic (exact) mass is 309 g/mol. The van der Waals surface area contributed by atoms with Gasteiger partial charge in [0.15, 0.2) is 0 Å². The number of halogens is 1. The van der Waals surface area contributed by atoms with Gasteiger partial charge in [-0.25, -0.2) is 0 Å². The molecule has 0 saturated carbocycles. The van der Waals surface area contributed by atoms with Crippen LogP contribution >= 0.6 is 15.9 Å². The number of hydrogen-bond acceptors (Lipinski definition) is 4. The molecule has 0 spiro atoms. The van der Waals surface area contributed by atoms with Gasteiger partial charge >= 0.3 is 5.54 Å². The second-order valence-electron chi connectivity index (χ2n) is 4.59. The highest BCUT2D eigenvalue weighted by molar-refractivity contribution is 9.10. The van der Waals surface area contributed by atoms with Crippen LogP contribution < -0.4 is 0 Å². The summed E-state index contributed by atoms with van der Waals surface area (Å²) in [6, 6.07) is 9.28. The van der Waals surface area contributed by atoms with Gasteiger partial charge in [0.2, 0.25) is 0 Å². The van der Waals surface area contributed by atoms with Gasteiger partial charge < -0.3 is 0 Å². The van der Waals surface area contributed by atoms with Crippen molar-refractivity contribution in [2.45, 2.75) is 11.5 Å². The highest BCUT2D eigenvalue weighted by Crippen LogP contribution is 2.37. The summed E-state index contributed by atoms with van der Waals surface area (Å²) in [6.07, 6.45) is 0. The molecule has 1 aliphatic heterocycles. The lowest BCUT2D eigenvalue weighted by atomic mass is 9.83. The molecule has 1 heterocycles. The van der Waals surface area contributed by atoms with E-state index in [1.165, 1.54) is 0 Å². The van der Waals surface area contributed by atoms with E-state index in [0.717, 1.165) is 10.0 Å². The van der Waals surface area contributed by atoms with Gasteiger partial charge in [0.05, 0.1) is 12.5 Å². The summed E-state index contributed by atoms with van der Waals surface area (Å²) in [5, 5.41) is 20.6. The molecule has 6 heteroatoms. The van der Waals surface area contributed by atoms with Crippen LogP contribution in [0.15, 0.2) is 28.7 Å². The normalized spacial score (nSPS) is 27.9. The Morgan fingerprint density at radius 3 is 2.67 bits per heavy atom. The largest absolute Gasteiger partial charge is 0.325 e. The van der Waals surface area contributed by atoms with Gasteiger partial charge in [-0.05, 0) is 24.7 Å². The van der Waals surface area contributed by atoms with Crippen molar-refractivity contribution in [3.8, 4) is 6.07 Å². The minimum Gasteiger partial charge on any atom is -0.298 e. The molecule has 1 aromatic rings. The summed E-state index contributed by atoms with van der Waals surface area (Å²) in [6.45, 7) is 0.688. The van der Waals surface area contributed by atoms with Crippen molar-refractivity contribution in [1.29, 1.82) is 5.26 Å². The van der Waals surface area contributed by atoms with Crippen molar-refractivity contribution < 1.29 is 4.92 Å². The Labute approximate surface area is 113 Å². The average molecular weight is 310 g/mol. The SMILES string of the molecule is CN1CC(c2ccc(Br)cc2)C(C#N)([N+](=O)[O-])C1. The first kappa shape index (κ1) is 13.0. The zero-order valence-corrected chi connectivity index (χ0v) is 11.4. The first-order valence-corrected chi connectivity index (χ1v) is 6.28. The number of benzene rings is 1. The summed E-state index contributed by atoms with van der Waals surface area (Å²) >= 11 is 3.33. The lowest BCUT2D eigenvalue weighted by Crippen LogP contribution is -2.43. The lowest BCUT2D eigenvalue weighted by molar-refractivity contribution is -0.550. The van der Waals surface area contributed by atoms with Crippen molar-refractivity contribution in [3.63, 3.8) is 0 Å². The van der Waals surface area contributed by atoms with Crippen molar-refractivity contribution in [1.82, 2.24) is 4.90 Å². The molecule has 2 atom stereocenters. The van der Waals surface area contributed by atoms with Crippen molar-refractivity contribution in [2.75, 3.05) is 20.1 Å². The molecular formula is C12H12BrN3O2. The number of nitro groups is 1. The van der Waals surface area contributed by atoms with Gasteiger partial charge in [0.25, 0.3) is 0 Å². The van der Waals surface area contributed by atoms with E-state index >= 15 is 0 Å². The van der Waals surface area contributed by atoms with Gasteiger partial charge in [0, 0.05) is 15.9 Å². The topological polar surface area (TPSA) is 70.2 Å². The molecule has 1 aromatic carbocycles. The summed E-state index contributed by atoms with van der Waals surface area (Å²) < 4.78 is 0.918. The fourth-order valence-corrected chi connectivity index (χ4v) is 2.73. The first-order valence-electron chi connectivity index (χ1n) is 5.49. The lowest BCUT2D eigenvalue weighted by Gasteiger charge is -2.19. The van der Waals surface area contributed by atoms with Crippen LogP contribution in [0.3, 0.4) is 0 Å². The van der Waals surface area contributed by atoms with Gasteiger partial charge in [-0.15, -0.1) is 0 Å². The summed E-state index contributed by atoms with van der Waals surface area (Å²) in [4.78, 5) is 12.7. The van der Waals surface area contributed by atoms with Gasteiger partial charge in [-0.3, -0.25) is 15.0 Å². The maximum absolute atomic E-state index is 11.3. The summed E-state index contributed by atoms with van der Waals surface area (Å²) in [5.74, 6) is -0.393. The predicted octanol–water partition coefficient (Wildman–Crippen LogP) is 2.02. The van der Waals surface area contributed by atoms with Gasteiger partial charge in [-0.2, -0.15) is 5.26 Å². The van der Waals surface area contributed by atoms with E-state index in [0.29, 0.717) is 6.54 Å². The molecule has 0 N–H and O–H groups in total. The Morgan fingerprint density at radius 1 is 1.56 bits per heavy atom. The number of likely N-dealkylation sites (tertiary alicyclic amines) is 1. The Bertz CT molecular complexity index is 511. The van der Waals surface area contributed by atoms with Crippen molar-refractivity contribution in [3.05, 3.63) is 44.4 Å². The highest BCUT2D eigenvalue weighted by atomic mass is 79.9. The Morgan fingerprint density at radius 2 is 2.17 bits per heavy atom. The fraction of sp³-hybridized carbons (Fsp3) is 0.417. The minimum atomic E-state index is -1.54. The molecule has 1 saturated heterocycles. The van der Waals surface area contributed by atoms with Crippen LogP contribution in [0.4, 0.5) is 0 Å². The molecule has 2 unspecified atom stereocenters. The molecule has 1 aliphatic rings. The highest BCUT2D eigenvalue weighted by Gasteiger charge is 2.57. The number of likely N-dealkylation sites (N-methyl/N-ethyl adjacent to an activating group) is 1. The Kier molecular flexibility index (Phi) is 3.37. The second kappa shape index (κ2) is 4.67. The third-order valence-electron chi connectivity index (χ3n) is 3.37. The molecule has 0 amide bonds. The van der Waals surface area contributed by atoms with Crippen LogP contribution in [-0.4, -0.2) is 35.5 Å². The minimum absolute atomic E-state index is 0.164. The number of nitrogens with zero attached hydrogens (tertiary/aromatic N) is 3. The number of nitriles is 1. The van der Waals surface area contributed by atoms with E-state index in [4.69, 9.17) is 0 Å². The van der Waals surface area contributed by atoms with E-state index in [-0.39, 0.29) is 6.54 Å². The molecule has 18 heavy (non-hydrogen) atoms. The van der Waals surface area contributed by atoms with E-state index in [2.05, 4.69) is 15.9 Å². The molecule has 0 bridgehead atoms. The zero-order chi connectivity index (χ0) is 13.3. The number of rotatable bonds is 2. The van der Waals surface area contributed by atoms with Crippen LogP contribution in [-0.2, 0) is 0 Å².